The predicted octanol–water partition coefficient (Wildman–Crippen LogP) is 0.634. The minimum atomic E-state index is -0.572. The highest BCUT2D eigenvalue weighted by atomic mass is 19.1. The highest BCUT2D eigenvalue weighted by molar-refractivity contribution is 6.34. The van der Waals surface area contributed by atoms with Crippen molar-refractivity contribution >= 4 is 13.3 Å². The van der Waals surface area contributed by atoms with Crippen molar-refractivity contribution in [3.8, 4) is 5.75 Å². The Bertz CT molecular complexity index is 237. The van der Waals surface area contributed by atoms with Gasteiger partial charge in [0.2, 0.25) is 0 Å². The minimum Gasteiger partial charge on any atom is -0.508 e. The van der Waals surface area contributed by atoms with Crippen LogP contribution in [0, 0.1) is 12.7 Å². The molecule has 3 heteroatoms. The van der Waals surface area contributed by atoms with Crippen LogP contribution in [0.25, 0.3) is 0 Å². The summed E-state index contributed by atoms with van der Waals surface area (Å²) >= 11 is 0. The lowest BCUT2D eigenvalue weighted by Crippen LogP contribution is -2.08. The molecule has 1 nitrogen and oxygen atoms in total. The Morgan fingerprint density at radius 3 is 2.60 bits per heavy atom. The Morgan fingerprint density at radius 2 is 2.10 bits per heavy atom. The van der Waals surface area contributed by atoms with E-state index < -0.39 is 5.82 Å². The molecule has 0 atom stereocenters. The summed E-state index contributed by atoms with van der Waals surface area (Å²) in [7, 11) is 5.13. The van der Waals surface area contributed by atoms with Gasteiger partial charge in [0.15, 0.2) is 0 Å². The number of rotatable bonds is 0. The van der Waals surface area contributed by atoms with Crippen LogP contribution < -0.4 is 5.46 Å². The summed E-state index contributed by atoms with van der Waals surface area (Å²) in [5.41, 5.74) is 0.467. The molecule has 1 N–H and O–H groups in total. The molecule has 0 aromatic heterocycles. The van der Waals surface area contributed by atoms with Crippen LogP contribution in [0.4, 0.5) is 4.39 Å². The molecular formula is C7H6BFO. The zero-order valence-corrected chi connectivity index (χ0v) is 5.56. The third kappa shape index (κ3) is 1.13. The summed E-state index contributed by atoms with van der Waals surface area (Å²) < 4.78 is 12.6. The summed E-state index contributed by atoms with van der Waals surface area (Å²) in [6.07, 6.45) is 0. The molecule has 1 rings (SSSR count). The van der Waals surface area contributed by atoms with Gasteiger partial charge >= 0.3 is 0 Å². The molecular weight excluding hydrogens is 130 g/mol. The Labute approximate surface area is 59.9 Å². The summed E-state index contributed by atoms with van der Waals surface area (Å²) in [5.74, 6) is -0.769. The van der Waals surface area contributed by atoms with Crippen molar-refractivity contribution in [3.05, 3.63) is 23.5 Å². The van der Waals surface area contributed by atoms with Gasteiger partial charge in [-0.3, -0.25) is 0 Å². The molecule has 0 unspecified atom stereocenters. The molecule has 0 heterocycles. The zero-order valence-electron chi connectivity index (χ0n) is 5.56. The predicted molar refractivity (Wildman–Crippen MR) is 38.2 cm³/mol. The monoisotopic (exact) mass is 136 g/mol. The fourth-order valence-corrected chi connectivity index (χ4v) is 0.735. The topological polar surface area (TPSA) is 20.2 Å². The van der Waals surface area contributed by atoms with Crippen molar-refractivity contribution < 1.29 is 9.50 Å². The van der Waals surface area contributed by atoms with E-state index in [2.05, 4.69) is 0 Å². The average molecular weight is 136 g/mol. The number of phenols is 1. The first-order valence-corrected chi connectivity index (χ1v) is 2.86. The van der Waals surface area contributed by atoms with Crippen LogP contribution in [0.2, 0.25) is 0 Å². The van der Waals surface area contributed by atoms with E-state index in [1.807, 2.05) is 0 Å². The zero-order chi connectivity index (χ0) is 7.72. The van der Waals surface area contributed by atoms with Crippen molar-refractivity contribution in [2.24, 2.45) is 0 Å². The number of hydrogen-bond acceptors (Lipinski definition) is 1. The number of hydrogen-bond donors (Lipinski definition) is 1. The molecule has 50 valence electrons. The van der Waals surface area contributed by atoms with Crippen LogP contribution in [-0.4, -0.2) is 13.0 Å². The third-order valence-corrected chi connectivity index (χ3v) is 1.25. The summed E-state index contributed by atoms with van der Waals surface area (Å²) in [5, 5.41) is 8.92. The van der Waals surface area contributed by atoms with E-state index in [1.54, 1.807) is 6.92 Å². The summed E-state index contributed by atoms with van der Waals surface area (Å²) in [6.45, 7) is 1.68. The van der Waals surface area contributed by atoms with Gasteiger partial charge in [-0.2, -0.15) is 0 Å². The fraction of sp³-hybridized carbons (Fsp3) is 0.143. The van der Waals surface area contributed by atoms with Crippen LogP contribution in [0.15, 0.2) is 12.1 Å². The van der Waals surface area contributed by atoms with Gasteiger partial charge in [0.25, 0.3) is 0 Å². The van der Waals surface area contributed by atoms with E-state index in [1.165, 1.54) is 12.1 Å². The average Bonchev–Trinajstić information content (AvgIpc) is 1.82. The van der Waals surface area contributed by atoms with Gasteiger partial charge in [-0.05, 0) is 30.1 Å². The van der Waals surface area contributed by atoms with E-state index in [-0.39, 0.29) is 11.2 Å². The van der Waals surface area contributed by atoms with Crippen LogP contribution in [0.3, 0.4) is 0 Å². The SMILES string of the molecule is [B]c1c(O)cc(C)cc1F. The van der Waals surface area contributed by atoms with Gasteiger partial charge in [-0.25, -0.2) is 4.39 Å². The molecule has 10 heavy (non-hydrogen) atoms. The van der Waals surface area contributed by atoms with Gasteiger partial charge in [0, 0.05) is 0 Å². The number of aryl methyl sites for hydroxylation is 1. The molecule has 1 aromatic rings. The maximum absolute atomic E-state index is 12.6. The molecule has 0 saturated heterocycles. The van der Waals surface area contributed by atoms with Gasteiger partial charge in [0.1, 0.15) is 19.4 Å². The first-order valence-electron chi connectivity index (χ1n) is 2.86. The summed E-state index contributed by atoms with van der Waals surface area (Å²) in [4.78, 5) is 0. The van der Waals surface area contributed by atoms with Gasteiger partial charge in [-0.1, -0.05) is 0 Å². The normalized spacial score (nSPS) is 9.80. The second kappa shape index (κ2) is 2.33. The molecule has 0 amide bonds. The maximum Gasteiger partial charge on any atom is 0.123 e. The van der Waals surface area contributed by atoms with E-state index in [4.69, 9.17) is 13.0 Å². The lowest BCUT2D eigenvalue weighted by Gasteiger charge is -2.00. The maximum atomic E-state index is 12.6. The molecule has 0 spiro atoms. The van der Waals surface area contributed by atoms with E-state index >= 15 is 0 Å². The number of benzene rings is 1. The first-order chi connectivity index (χ1) is 4.61. The quantitative estimate of drug-likeness (QED) is 0.518. The van der Waals surface area contributed by atoms with Crippen LogP contribution in [-0.2, 0) is 0 Å². The second-order valence-corrected chi connectivity index (χ2v) is 2.18. The van der Waals surface area contributed by atoms with E-state index in [0.29, 0.717) is 5.56 Å². The molecule has 2 radical (unpaired) electrons. The highest BCUT2D eigenvalue weighted by Crippen LogP contribution is 2.09. The molecule has 1 aromatic carbocycles. The molecule has 0 saturated carbocycles. The van der Waals surface area contributed by atoms with Crippen LogP contribution in [0.1, 0.15) is 5.56 Å². The summed E-state index contributed by atoms with van der Waals surface area (Å²) in [6, 6.07) is 2.69. The Balaban J connectivity index is 3.31. The second-order valence-electron chi connectivity index (χ2n) is 2.18. The molecule has 0 bridgehead atoms. The molecule has 0 aliphatic carbocycles. The first kappa shape index (κ1) is 7.13. The minimum absolute atomic E-state index is 0.189. The van der Waals surface area contributed by atoms with Crippen molar-refractivity contribution in [2.45, 2.75) is 6.92 Å². The van der Waals surface area contributed by atoms with Crippen LogP contribution >= 0.6 is 0 Å². The Hall–Kier alpha value is -0.985. The Kier molecular flexibility index (Phi) is 1.66. The fourth-order valence-electron chi connectivity index (χ4n) is 0.735. The smallest absolute Gasteiger partial charge is 0.123 e. The van der Waals surface area contributed by atoms with Crippen molar-refractivity contribution in [1.82, 2.24) is 0 Å². The molecule has 0 aliphatic heterocycles. The van der Waals surface area contributed by atoms with Gasteiger partial charge in [0.05, 0.1) is 0 Å². The van der Waals surface area contributed by atoms with Gasteiger partial charge in [-0.15, -0.1) is 0 Å². The van der Waals surface area contributed by atoms with Crippen molar-refractivity contribution in [3.63, 3.8) is 0 Å². The lowest BCUT2D eigenvalue weighted by atomic mass is 9.93. The number of halogens is 1. The molecule has 0 fully saturated rings. The van der Waals surface area contributed by atoms with Crippen LogP contribution in [0.5, 0.6) is 5.75 Å². The largest absolute Gasteiger partial charge is 0.508 e. The van der Waals surface area contributed by atoms with Crippen molar-refractivity contribution in [2.75, 3.05) is 0 Å². The van der Waals surface area contributed by atoms with Gasteiger partial charge < -0.3 is 5.11 Å². The highest BCUT2D eigenvalue weighted by Gasteiger charge is 2.01. The standard InChI is InChI=1S/C7H6BFO/c1-4-2-5(9)7(8)6(10)3-4/h2-3,10H,1H3. The Morgan fingerprint density at radius 1 is 1.50 bits per heavy atom. The van der Waals surface area contributed by atoms with E-state index in [9.17, 15) is 4.39 Å². The third-order valence-electron chi connectivity index (χ3n) is 1.25. The lowest BCUT2D eigenvalue weighted by molar-refractivity contribution is 0.474. The number of phenolic OH excluding ortho intramolecular Hbond substituents is 1. The van der Waals surface area contributed by atoms with Crippen molar-refractivity contribution in [1.29, 1.82) is 0 Å². The number of aromatic hydroxyl groups is 1. The van der Waals surface area contributed by atoms with E-state index in [0.717, 1.165) is 0 Å². The molecule has 0 aliphatic rings.